The van der Waals surface area contributed by atoms with Gasteiger partial charge in [-0.2, -0.15) is 0 Å². The molecule has 20 heavy (non-hydrogen) atoms. The van der Waals surface area contributed by atoms with Crippen LogP contribution in [-0.4, -0.2) is 26.1 Å². The van der Waals surface area contributed by atoms with Gasteiger partial charge in [-0.3, -0.25) is 18.9 Å². The fraction of sp³-hybridized carbons (Fsp3) is 0.0714. The van der Waals surface area contributed by atoms with E-state index in [9.17, 15) is 9.59 Å². The molecular formula is C14H9N3O2S. The van der Waals surface area contributed by atoms with Gasteiger partial charge in [0, 0.05) is 5.38 Å². The third-order valence-corrected chi connectivity index (χ3v) is 4.36. The van der Waals surface area contributed by atoms with Crippen molar-refractivity contribution in [2.45, 2.75) is 6.54 Å². The smallest absolute Gasteiger partial charge is 0.261 e. The molecule has 0 saturated carbocycles. The standard InChI is InChI=1S/C14H9N3O2S/c18-13-10-3-1-2-4-11(10)14(19)16(13)6-9-7-20-12-5-15-8-17(9)12/h1-5,7-8H,6H2. The zero-order valence-electron chi connectivity index (χ0n) is 10.3. The number of carbonyl (C=O) groups is 2. The molecule has 6 heteroatoms. The van der Waals surface area contributed by atoms with Gasteiger partial charge in [-0.1, -0.05) is 12.1 Å². The monoisotopic (exact) mass is 283 g/mol. The highest BCUT2D eigenvalue weighted by Crippen LogP contribution is 2.25. The molecule has 2 amide bonds. The van der Waals surface area contributed by atoms with Gasteiger partial charge in [0.1, 0.15) is 11.2 Å². The third kappa shape index (κ3) is 1.45. The van der Waals surface area contributed by atoms with Crippen LogP contribution in [0.2, 0.25) is 0 Å². The Kier molecular flexibility index (Phi) is 2.28. The van der Waals surface area contributed by atoms with E-state index in [1.54, 1.807) is 48.1 Å². The SMILES string of the molecule is O=C1c2ccccc2C(=O)N1Cc1csc2cncn12. The van der Waals surface area contributed by atoms with E-state index in [4.69, 9.17) is 0 Å². The van der Waals surface area contributed by atoms with E-state index in [2.05, 4.69) is 4.98 Å². The minimum atomic E-state index is -0.231. The van der Waals surface area contributed by atoms with Crippen molar-refractivity contribution in [2.24, 2.45) is 0 Å². The molecule has 1 aliphatic heterocycles. The number of imidazole rings is 1. The van der Waals surface area contributed by atoms with Crippen LogP contribution in [0.15, 0.2) is 42.2 Å². The summed E-state index contributed by atoms with van der Waals surface area (Å²) >= 11 is 1.54. The number of thiazole rings is 1. The maximum atomic E-state index is 12.3. The van der Waals surface area contributed by atoms with Crippen molar-refractivity contribution in [2.75, 3.05) is 0 Å². The van der Waals surface area contributed by atoms with Gasteiger partial charge in [0.25, 0.3) is 11.8 Å². The van der Waals surface area contributed by atoms with E-state index >= 15 is 0 Å². The molecule has 1 aromatic carbocycles. The Labute approximate surface area is 118 Å². The highest BCUT2D eigenvalue weighted by molar-refractivity contribution is 7.15. The maximum absolute atomic E-state index is 12.3. The molecule has 5 nitrogen and oxygen atoms in total. The molecule has 3 heterocycles. The molecule has 0 atom stereocenters. The average molecular weight is 283 g/mol. The van der Waals surface area contributed by atoms with Crippen molar-refractivity contribution in [3.05, 3.63) is 59.0 Å². The van der Waals surface area contributed by atoms with E-state index < -0.39 is 0 Å². The first-order chi connectivity index (χ1) is 9.75. The van der Waals surface area contributed by atoms with E-state index in [-0.39, 0.29) is 18.4 Å². The predicted octanol–water partition coefficient (Wildman–Crippen LogP) is 2.19. The molecule has 0 fully saturated rings. The Hall–Kier alpha value is -2.47. The summed E-state index contributed by atoms with van der Waals surface area (Å²) in [7, 11) is 0. The first kappa shape index (κ1) is 11.4. The second-order valence-corrected chi connectivity index (χ2v) is 5.46. The lowest BCUT2D eigenvalue weighted by atomic mass is 10.1. The van der Waals surface area contributed by atoms with Crippen molar-refractivity contribution < 1.29 is 9.59 Å². The molecule has 4 rings (SSSR count). The second-order valence-electron chi connectivity index (χ2n) is 4.57. The molecule has 2 aromatic heterocycles. The van der Waals surface area contributed by atoms with Gasteiger partial charge in [0.2, 0.25) is 0 Å². The highest BCUT2D eigenvalue weighted by Gasteiger charge is 2.35. The van der Waals surface area contributed by atoms with Crippen LogP contribution >= 0.6 is 11.3 Å². The van der Waals surface area contributed by atoms with Crippen LogP contribution in [0.1, 0.15) is 26.4 Å². The van der Waals surface area contributed by atoms with Gasteiger partial charge in [-0.05, 0) is 12.1 Å². The zero-order chi connectivity index (χ0) is 13.7. The summed E-state index contributed by atoms with van der Waals surface area (Å²) in [6.07, 6.45) is 3.45. The number of nitrogens with zero attached hydrogens (tertiary/aromatic N) is 3. The number of fused-ring (bicyclic) bond motifs is 2. The van der Waals surface area contributed by atoms with Gasteiger partial charge in [0.15, 0.2) is 0 Å². The molecule has 0 radical (unpaired) electrons. The fourth-order valence-electron chi connectivity index (χ4n) is 2.43. The minimum absolute atomic E-state index is 0.231. The first-order valence-electron chi connectivity index (χ1n) is 6.09. The molecule has 1 aliphatic rings. The number of hydrogen-bond acceptors (Lipinski definition) is 4. The Morgan fingerprint density at radius 1 is 1.10 bits per heavy atom. The summed E-state index contributed by atoms with van der Waals surface area (Å²) in [5, 5.41) is 1.94. The van der Waals surface area contributed by atoms with Gasteiger partial charge < -0.3 is 0 Å². The fourth-order valence-corrected chi connectivity index (χ4v) is 3.27. The molecule has 0 unspecified atom stereocenters. The van der Waals surface area contributed by atoms with Gasteiger partial charge in [0.05, 0.1) is 29.6 Å². The highest BCUT2D eigenvalue weighted by atomic mass is 32.1. The lowest BCUT2D eigenvalue weighted by Gasteiger charge is -2.12. The quantitative estimate of drug-likeness (QED) is 0.677. The lowest BCUT2D eigenvalue weighted by molar-refractivity contribution is 0.0640. The number of carbonyl (C=O) groups excluding carboxylic acids is 2. The summed E-state index contributed by atoms with van der Waals surface area (Å²) in [5.41, 5.74) is 1.85. The number of benzene rings is 1. The third-order valence-electron chi connectivity index (χ3n) is 3.43. The molecule has 0 aliphatic carbocycles. The average Bonchev–Trinajstić information content (AvgIpc) is 3.12. The molecule has 0 N–H and O–H groups in total. The number of hydrogen-bond donors (Lipinski definition) is 0. The van der Waals surface area contributed by atoms with Crippen LogP contribution < -0.4 is 0 Å². The molecule has 0 spiro atoms. The van der Waals surface area contributed by atoms with E-state index in [1.165, 1.54) is 4.90 Å². The van der Waals surface area contributed by atoms with E-state index in [1.807, 2.05) is 9.78 Å². The first-order valence-corrected chi connectivity index (χ1v) is 6.97. The van der Waals surface area contributed by atoms with Crippen molar-refractivity contribution in [1.29, 1.82) is 0 Å². The number of imide groups is 1. The van der Waals surface area contributed by atoms with Crippen LogP contribution in [0.4, 0.5) is 0 Å². The van der Waals surface area contributed by atoms with Crippen molar-refractivity contribution in [3.63, 3.8) is 0 Å². The van der Waals surface area contributed by atoms with Crippen LogP contribution in [-0.2, 0) is 6.54 Å². The zero-order valence-corrected chi connectivity index (χ0v) is 11.1. The second kappa shape index (κ2) is 4.01. The normalized spacial score (nSPS) is 14.3. The number of aromatic nitrogens is 2. The van der Waals surface area contributed by atoms with Crippen LogP contribution in [0.3, 0.4) is 0 Å². The van der Waals surface area contributed by atoms with Crippen molar-refractivity contribution in [3.8, 4) is 0 Å². The molecule has 0 bridgehead atoms. The number of rotatable bonds is 2. The Bertz CT molecular complexity index is 814. The van der Waals surface area contributed by atoms with Crippen LogP contribution in [0.25, 0.3) is 4.83 Å². The minimum Gasteiger partial charge on any atom is -0.292 e. The number of amides is 2. The predicted molar refractivity (Wildman–Crippen MR) is 73.7 cm³/mol. The van der Waals surface area contributed by atoms with Gasteiger partial charge in [-0.15, -0.1) is 11.3 Å². The largest absolute Gasteiger partial charge is 0.292 e. The van der Waals surface area contributed by atoms with Crippen molar-refractivity contribution >= 4 is 28.0 Å². The molecule has 3 aromatic rings. The summed E-state index contributed by atoms with van der Waals surface area (Å²) in [4.78, 5) is 30.9. The molecular weight excluding hydrogens is 274 g/mol. The Balaban J connectivity index is 1.73. The summed E-state index contributed by atoms with van der Waals surface area (Å²) < 4.78 is 1.90. The molecule has 98 valence electrons. The van der Waals surface area contributed by atoms with E-state index in [0.29, 0.717) is 11.1 Å². The Morgan fingerprint density at radius 2 is 1.80 bits per heavy atom. The lowest BCUT2D eigenvalue weighted by Crippen LogP contribution is -2.29. The summed E-state index contributed by atoms with van der Waals surface area (Å²) in [6, 6.07) is 6.92. The summed E-state index contributed by atoms with van der Waals surface area (Å²) in [6.45, 7) is 0.267. The van der Waals surface area contributed by atoms with Crippen LogP contribution in [0.5, 0.6) is 0 Å². The maximum Gasteiger partial charge on any atom is 0.261 e. The van der Waals surface area contributed by atoms with Gasteiger partial charge in [-0.25, -0.2) is 4.98 Å². The molecule has 0 saturated heterocycles. The van der Waals surface area contributed by atoms with E-state index in [0.717, 1.165) is 10.5 Å². The summed E-state index contributed by atoms with van der Waals surface area (Å²) in [5.74, 6) is -0.463. The van der Waals surface area contributed by atoms with Gasteiger partial charge >= 0.3 is 0 Å². The van der Waals surface area contributed by atoms with Crippen molar-refractivity contribution in [1.82, 2.24) is 14.3 Å². The van der Waals surface area contributed by atoms with Crippen LogP contribution in [0, 0.1) is 0 Å². The Morgan fingerprint density at radius 3 is 2.50 bits per heavy atom. The topological polar surface area (TPSA) is 54.7 Å².